The van der Waals surface area contributed by atoms with Gasteiger partial charge in [0.1, 0.15) is 5.76 Å². The topological polar surface area (TPSA) is 79.6 Å². The molecule has 1 fully saturated rings. The third-order valence-electron chi connectivity index (χ3n) is 4.00. The molecule has 2 rings (SSSR count). The highest BCUT2D eigenvalue weighted by Gasteiger charge is 2.27. The van der Waals surface area contributed by atoms with Crippen molar-refractivity contribution in [2.24, 2.45) is 5.92 Å². The highest BCUT2D eigenvalue weighted by molar-refractivity contribution is 7.88. The van der Waals surface area contributed by atoms with Gasteiger partial charge in [-0.2, -0.15) is 0 Å². The normalized spacial score (nSPS) is 23.3. The summed E-state index contributed by atoms with van der Waals surface area (Å²) in [6.45, 7) is 5.00. The lowest BCUT2D eigenvalue weighted by atomic mass is 10.1. The number of hydrogen-bond donors (Lipinski definition) is 1. The van der Waals surface area contributed by atoms with E-state index in [-0.39, 0.29) is 24.3 Å². The fourth-order valence-corrected chi connectivity index (χ4v) is 3.14. The summed E-state index contributed by atoms with van der Waals surface area (Å²) in [5.74, 6) is 1.07. The first-order valence-corrected chi connectivity index (χ1v) is 9.49. The van der Waals surface area contributed by atoms with Gasteiger partial charge in [-0.3, -0.25) is 4.79 Å². The van der Waals surface area contributed by atoms with Gasteiger partial charge in [-0.15, -0.1) is 0 Å². The van der Waals surface area contributed by atoms with Crippen molar-refractivity contribution in [3.05, 3.63) is 23.7 Å². The van der Waals surface area contributed by atoms with Crippen LogP contribution < -0.4 is 4.72 Å². The lowest BCUT2D eigenvalue weighted by Gasteiger charge is -2.27. The first-order valence-electron chi connectivity index (χ1n) is 7.60. The lowest BCUT2D eigenvalue weighted by Crippen LogP contribution is -2.39. The Balaban J connectivity index is 2.07. The predicted molar refractivity (Wildman–Crippen MR) is 83.9 cm³/mol. The molecule has 2 atom stereocenters. The van der Waals surface area contributed by atoms with Crippen LogP contribution in [0.5, 0.6) is 0 Å². The first-order chi connectivity index (χ1) is 10.3. The SMILES string of the molecule is C[C@@H]1CCC[C@H](C)N(C(=O)c2ccc(CNS(C)(=O)=O)o2)C1. The minimum Gasteiger partial charge on any atom is -0.455 e. The van der Waals surface area contributed by atoms with Crippen LogP contribution in [-0.2, 0) is 16.6 Å². The molecular weight excluding hydrogens is 304 g/mol. The van der Waals surface area contributed by atoms with Crippen LogP contribution in [0, 0.1) is 5.92 Å². The third kappa shape index (κ3) is 4.58. The fraction of sp³-hybridized carbons (Fsp3) is 0.667. The maximum Gasteiger partial charge on any atom is 0.289 e. The number of nitrogens with one attached hydrogen (secondary N) is 1. The Morgan fingerprint density at radius 2 is 2.09 bits per heavy atom. The Kier molecular flexibility index (Phi) is 5.28. The highest BCUT2D eigenvalue weighted by atomic mass is 32.2. The van der Waals surface area contributed by atoms with Crippen LogP contribution in [0.25, 0.3) is 0 Å². The van der Waals surface area contributed by atoms with E-state index in [2.05, 4.69) is 18.6 Å². The molecule has 1 saturated heterocycles. The van der Waals surface area contributed by atoms with Crippen molar-refractivity contribution < 1.29 is 17.6 Å². The molecule has 7 heteroatoms. The average molecular weight is 328 g/mol. The van der Waals surface area contributed by atoms with Gasteiger partial charge < -0.3 is 9.32 Å². The van der Waals surface area contributed by atoms with Crippen LogP contribution in [0.2, 0.25) is 0 Å². The molecule has 0 saturated carbocycles. The van der Waals surface area contributed by atoms with Gasteiger partial charge >= 0.3 is 0 Å². The molecule has 6 nitrogen and oxygen atoms in total. The number of carbonyl (C=O) groups is 1. The molecule has 1 aliphatic heterocycles. The van der Waals surface area contributed by atoms with Crippen LogP contribution in [0.1, 0.15) is 49.4 Å². The van der Waals surface area contributed by atoms with E-state index in [1.165, 1.54) is 0 Å². The van der Waals surface area contributed by atoms with E-state index < -0.39 is 10.0 Å². The molecule has 22 heavy (non-hydrogen) atoms. The van der Waals surface area contributed by atoms with E-state index in [1.54, 1.807) is 12.1 Å². The summed E-state index contributed by atoms with van der Waals surface area (Å²) in [6, 6.07) is 3.45. The molecule has 0 bridgehead atoms. The van der Waals surface area contributed by atoms with E-state index in [9.17, 15) is 13.2 Å². The Hall–Kier alpha value is -1.34. The zero-order chi connectivity index (χ0) is 16.3. The van der Waals surface area contributed by atoms with Gasteiger partial charge in [-0.1, -0.05) is 13.3 Å². The number of hydrogen-bond acceptors (Lipinski definition) is 4. The molecule has 1 amide bonds. The molecule has 1 aromatic heterocycles. The zero-order valence-corrected chi connectivity index (χ0v) is 14.1. The van der Waals surface area contributed by atoms with E-state index in [0.29, 0.717) is 11.7 Å². The summed E-state index contributed by atoms with van der Waals surface area (Å²) in [4.78, 5) is 14.5. The van der Waals surface area contributed by atoms with Crippen LogP contribution >= 0.6 is 0 Å². The predicted octanol–water partition coefficient (Wildman–Crippen LogP) is 1.98. The summed E-state index contributed by atoms with van der Waals surface area (Å²) in [5.41, 5.74) is 0. The van der Waals surface area contributed by atoms with Crippen molar-refractivity contribution in [2.75, 3.05) is 12.8 Å². The summed E-state index contributed by atoms with van der Waals surface area (Å²) < 4.78 is 30.0. The molecule has 0 aliphatic carbocycles. The van der Waals surface area contributed by atoms with Crippen LogP contribution in [0.4, 0.5) is 0 Å². The van der Waals surface area contributed by atoms with Gasteiger partial charge in [-0.05, 0) is 37.8 Å². The second-order valence-electron chi connectivity index (χ2n) is 6.20. The molecule has 1 N–H and O–H groups in total. The number of likely N-dealkylation sites (tertiary alicyclic amines) is 1. The standard InChI is InChI=1S/C15H24N2O4S/c1-11-5-4-6-12(2)17(10-11)15(18)14-8-7-13(21-14)9-16-22(3,19)20/h7-8,11-12,16H,4-6,9-10H2,1-3H3/t11-,12+/m1/s1. The van der Waals surface area contributed by atoms with E-state index >= 15 is 0 Å². The van der Waals surface area contributed by atoms with E-state index in [1.807, 2.05) is 4.90 Å². The molecule has 1 aromatic rings. The highest BCUT2D eigenvalue weighted by Crippen LogP contribution is 2.23. The van der Waals surface area contributed by atoms with E-state index in [4.69, 9.17) is 4.42 Å². The quantitative estimate of drug-likeness (QED) is 0.916. The second kappa shape index (κ2) is 6.83. The second-order valence-corrected chi connectivity index (χ2v) is 8.03. The minimum atomic E-state index is -3.28. The number of sulfonamides is 1. The Morgan fingerprint density at radius 1 is 1.36 bits per heavy atom. The average Bonchev–Trinajstić information content (AvgIpc) is 2.83. The molecule has 0 aromatic carbocycles. The van der Waals surface area contributed by atoms with Crippen LogP contribution in [0.15, 0.2) is 16.5 Å². The van der Waals surface area contributed by atoms with Gasteiger partial charge in [-0.25, -0.2) is 13.1 Å². The van der Waals surface area contributed by atoms with Gasteiger partial charge in [0, 0.05) is 12.6 Å². The Labute approximate surface area is 131 Å². The maximum atomic E-state index is 12.6. The molecule has 0 radical (unpaired) electrons. The molecule has 124 valence electrons. The summed E-state index contributed by atoms with van der Waals surface area (Å²) in [6.07, 6.45) is 4.35. The molecular formula is C15H24N2O4S. The third-order valence-corrected chi connectivity index (χ3v) is 4.67. The Morgan fingerprint density at radius 3 is 2.77 bits per heavy atom. The van der Waals surface area contributed by atoms with Crippen LogP contribution in [-0.4, -0.2) is 38.1 Å². The van der Waals surface area contributed by atoms with Gasteiger partial charge in [0.25, 0.3) is 5.91 Å². The van der Waals surface area contributed by atoms with Gasteiger partial charge in [0.05, 0.1) is 12.8 Å². The number of rotatable bonds is 4. The van der Waals surface area contributed by atoms with Crippen molar-refractivity contribution in [1.82, 2.24) is 9.62 Å². The van der Waals surface area contributed by atoms with Crippen molar-refractivity contribution in [2.45, 2.75) is 45.7 Å². The monoisotopic (exact) mass is 328 g/mol. The molecule has 1 aliphatic rings. The van der Waals surface area contributed by atoms with Crippen molar-refractivity contribution in [1.29, 1.82) is 0 Å². The number of furan rings is 1. The zero-order valence-electron chi connectivity index (χ0n) is 13.3. The fourth-order valence-electron chi connectivity index (χ4n) is 2.74. The lowest BCUT2D eigenvalue weighted by molar-refractivity contribution is 0.0643. The first kappa shape index (κ1) is 17.0. The largest absolute Gasteiger partial charge is 0.455 e. The number of carbonyl (C=O) groups excluding carboxylic acids is 1. The smallest absolute Gasteiger partial charge is 0.289 e. The van der Waals surface area contributed by atoms with Crippen molar-refractivity contribution in [3.8, 4) is 0 Å². The molecule has 0 unspecified atom stereocenters. The van der Waals surface area contributed by atoms with Gasteiger partial charge in [0.15, 0.2) is 5.76 Å². The molecule has 0 spiro atoms. The van der Waals surface area contributed by atoms with E-state index in [0.717, 1.165) is 32.1 Å². The summed E-state index contributed by atoms with van der Waals surface area (Å²) >= 11 is 0. The summed E-state index contributed by atoms with van der Waals surface area (Å²) in [5, 5.41) is 0. The summed E-state index contributed by atoms with van der Waals surface area (Å²) in [7, 11) is -3.28. The van der Waals surface area contributed by atoms with Crippen LogP contribution in [0.3, 0.4) is 0 Å². The van der Waals surface area contributed by atoms with Gasteiger partial charge in [0.2, 0.25) is 10.0 Å². The van der Waals surface area contributed by atoms with Crippen molar-refractivity contribution in [3.63, 3.8) is 0 Å². The molecule has 2 heterocycles. The number of nitrogens with zero attached hydrogens (tertiary/aromatic N) is 1. The Bertz CT molecular complexity index is 623. The van der Waals surface area contributed by atoms with Crippen molar-refractivity contribution >= 4 is 15.9 Å². The number of amides is 1. The minimum absolute atomic E-state index is 0.0536. The maximum absolute atomic E-state index is 12.6.